The van der Waals surface area contributed by atoms with Crippen LogP contribution in [0.3, 0.4) is 0 Å². The molecule has 4 rings (SSSR count). The van der Waals surface area contributed by atoms with Crippen molar-refractivity contribution < 1.29 is 19.1 Å². The van der Waals surface area contributed by atoms with Crippen LogP contribution in [0, 0.1) is 11.8 Å². The smallest absolute Gasteiger partial charge is 0.245 e. The van der Waals surface area contributed by atoms with E-state index in [0.717, 1.165) is 29.7 Å². The van der Waals surface area contributed by atoms with E-state index in [2.05, 4.69) is 27.8 Å². The van der Waals surface area contributed by atoms with Gasteiger partial charge in [-0.25, -0.2) is 0 Å². The number of ether oxygens (including phenoxy) is 1. The molecule has 224 valence electrons. The second-order valence-electron chi connectivity index (χ2n) is 11.6. The summed E-state index contributed by atoms with van der Waals surface area (Å²) < 4.78 is 5.96. The molecule has 9 nitrogen and oxygen atoms in total. The van der Waals surface area contributed by atoms with Crippen LogP contribution in [-0.4, -0.2) is 84.0 Å². The van der Waals surface area contributed by atoms with Crippen molar-refractivity contribution in [1.82, 2.24) is 25.4 Å². The Bertz CT molecular complexity index is 1140. The number of hydrogen-bond acceptors (Lipinski definition) is 7. The first-order valence-corrected chi connectivity index (χ1v) is 15.7. The van der Waals surface area contributed by atoms with E-state index in [1.54, 1.807) is 30.8 Å². The molecule has 10 heteroatoms. The zero-order chi connectivity index (χ0) is 29.5. The zero-order valence-corrected chi connectivity index (χ0v) is 25.7. The lowest BCUT2D eigenvalue weighted by Gasteiger charge is -2.37. The summed E-state index contributed by atoms with van der Waals surface area (Å²) in [4.78, 5) is 49.8. The van der Waals surface area contributed by atoms with E-state index in [1.165, 1.54) is 11.3 Å². The van der Waals surface area contributed by atoms with Crippen LogP contribution in [0.25, 0.3) is 0 Å². The number of thiazole rings is 1. The van der Waals surface area contributed by atoms with Crippen LogP contribution in [0.15, 0.2) is 42.0 Å². The molecule has 0 radical (unpaired) electrons. The Labute approximate surface area is 248 Å². The predicted molar refractivity (Wildman–Crippen MR) is 160 cm³/mol. The number of methoxy groups -OCH3 is 1. The largest absolute Gasteiger partial charge is 0.378 e. The number of likely N-dealkylation sites (N-methyl/N-ethyl adjacent to an activating group) is 1. The van der Waals surface area contributed by atoms with Crippen LogP contribution in [-0.2, 0) is 25.5 Å². The summed E-state index contributed by atoms with van der Waals surface area (Å²) in [6.45, 7) is 7.09. The average Bonchev–Trinajstić information content (AvgIpc) is 3.76. The van der Waals surface area contributed by atoms with E-state index in [-0.39, 0.29) is 41.8 Å². The fourth-order valence-corrected chi connectivity index (χ4v) is 7.10. The summed E-state index contributed by atoms with van der Waals surface area (Å²) >= 11 is 1.52. The number of nitrogens with one attached hydrogen (secondary N) is 2. The lowest BCUT2D eigenvalue weighted by atomic mass is 9.93. The number of carbonyl (C=O) groups excluding carboxylic acids is 3. The molecule has 0 unspecified atom stereocenters. The third kappa shape index (κ3) is 7.16. The van der Waals surface area contributed by atoms with Crippen molar-refractivity contribution >= 4 is 29.1 Å². The van der Waals surface area contributed by atoms with Crippen molar-refractivity contribution in [2.75, 3.05) is 27.2 Å². The van der Waals surface area contributed by atoms with E-state index >= 15 is 0 Å². The highest BCUT2D eigenvalue weighted by Crippen LogP contribution is 2.31. The van der Waals surface area contributed by atoms with Gasteiger partial charge in [0.15, 0.2) is 0 Å². The molecule has 0 bridgehead atoms. The predicted octanol–water partition coefficient (Wildman–Crippen LogP) is 3.42. The highest BCUT2D eigenvalue weighted by molar-refractivity contribution is 7.09. The fourth-order valence-electron chi connectivity index (χ4n) is 6.42. The molecular weight excluding hydrogens is 538 g/mol. The molecule has 0 spiro atoms. The summed E-state index contributed by atoms with van der Waals surface area (Å²) in [5, 5.41) is 6.37. The van der Waals surface area contributed by atoms with Crippen LogP contribution >= 0.6 is 11.3 Å². The minimum absolute atomic E-state index is 0.0161. The molecule has 2 N–H and O–H groups in total. The van der Waals surface area contributed by atoms with E-state index in [4.69, 9.17) is 4.74 Å². The van der Waals surface area contributed by atoms with Gasteiger partial charge in [0.1, 0.15) is 6.04 Å². The Morgan fingerprint density at radius 1 is 1.07 bits per heavy atom. The lowest BCUT2D eigenvalue weighted by molar-refractivity contribution is -0.149. The van der Waals surface area contributed by atoms with Gasteiger partial charge in [-0.1, -0.05) is 51.1 Å². The van der Waals surface area contributed by atoms with Crippen molar-refractivity contribution in [3.05, 3.63) is 52.5 Å². The molecule has 2 aliphatic heterocycles. The minimum atomic E-state index is -0.486. The Morgan fingerprint density at radius 2 is 1.78 bits per heavy atom. The van der Waals surface area contributed by atoms with Crippen LogP contribution < -0.4 is 10.6 Å². The molecule has 2 aliphatic rings. The molecular formula is C31H45N5O4S. The topological polar surface area (TPSA) is 104 Å². The van der Waals surface area contributed by atoms with Crippen LogP contribution in [0.1, 0.15) is 62.9 Å². The molecule has 2 fully saturated rings. The first-order valence-electron chi connectivity index (χ1n) is 14.8. The fraction of sp³-hybridized carbons (Fsp3) is 0.613. The number of carbonyl (C=O) groups is 3. The van der Waals surface area contributed by atoms with Gasteiger partial charge in [0.2, 0.25) is 17.7 Å². The van der Waals surface area contributed by atoms with E-state index in [1.807, 2.05) is 43.9 Å². The summed E-state index contributed by atoms with van der Waals surface area (Å²) in [6.07, 6.45) is 5.06. The maximum Gasteiger partial charge on any atom is 0.245 e. The molecule has 1 aromatic carbocycles. The number of hydrogen-bond donors (Lipinski definition) is 2. The van der Waals surface area contributed by atoms with Crippen molar-refractivity contribution in [1.29, 1.82) is 0 Å². The van der Waals surface area contributed by atoms with Gasteiger partial charge in [0, 0.05) is 31.3 Å². The van der Waals surface area contributed by atoms with Gasteiger partial charge < -0.3 is 25.2 Å². The molecule has 2 aromatic rings. The van der Waals surface area contributed by atoms with Crippen LogP contribution in [0.4, 0.5) is 0 Å². The van der Waals surface area contributed by atoms with E-state index in [0.29, 0.717) is 25.9 Å². The van der Waals surface area contributed by atoms with Crippen molar-refractivity contribution in [3.8, 4) is 0 Å². The van der Waals surface area contributed by atoms with E-state index < -0.39 is 18.1 Å². The Balaban J connectivity index is 1.47. The van der Waals surface area contributed by atoms with Gasteiger partial charge in [-0.3, -0.25) is 19.4 Å². The van der Waals surface area contributed by atoms with Crippen molar-refractivity contribution in [3.63, 3.8) is 0 Å². The van der Waals surface area contributed by atoms with Crippen LogP contribution in [0.2, 0.25) is 0 Å². The Morgan fingerprint density at radius 3 is 2.41 bits per heavy atom. The second kappa shape index (κ2) is 14.4. The van der Waals surface area contributed by atoms with Gasteiger partial charge >= 0.3 is 0 Å². The maximum atomic E-state index is 14.0. The number of benzene rings is 1. The van der Waals surface area contributed by atoms with Gasteiger partial charge in [-0.15, -0.1) is 11.3 Å². The monoisotopic (exact) mass is 583 g/mol. The summed E-state index contributed by atoms with van der Waals surface area (Å²) in [6, 6.07) is 8.85. The molecule has 2 saturated heterocycles. The number of aromatic nitrogens is 1. The first-order chi connectivity index (χ1) is 19.8. The molecule has 6 atom stereocenters. The van der Waals surface area contributed by atoms with Gasteiger partial charge in [-0.2, -0.15) is 0 Å². The van der Waals surface area contributed by atoms with Crippen LogP contribution in [0.5, 0.6) is 0 Å². The highest BCUT2D eigenvalue weighted by atomic mass is 32.1. The average molecular weight is 584 g/mol. The first kappa shape index (κ1) is 31.1. The van der Waals surface area contributed by atoms with Gasteiger partial charge in [0.05, 0.1) is 35.7 Å². The quantitative estimate of drug-likeness (QED) is 0.397. The standard InChI is InChI=1S/C31H45N5O4S/c1-20(2)27(32-4)31(39)36-16-10-14-25(36)30(38)35-15-9-13-24(35)28(40-5)21(3)29(37)34-23(26-18-33-19-41-26)17-22-11-7-6-8-12-22/h6-8,11-12,18-21,23-25,27-28,32H,9-10,13-17H2,1-5H3,(H,34,37)/t21-,23+,24+,25+,27+,28-/m1/s1. The number of amides is 3. The molecule has 3 amide bonds. The highest BCUT2D eigenvalue weighted by Gasteiger charge is 2.45. The SMILES string of the molecule is CN[C@H](C(=O)N1CCC[C@H]1C(=O)N1CCC[C@H]1[C@H](OC)[C@@H](C)C(=O)N[C@@H](Cc1ccccc1)c1cncs1)C(C)C. The molecule has 0 aliphatic carbocycles. The summed E-state index contributed by atoms with van der Waals surface area (Å²) in [5.74, 6) is -0.523. The van der Waals surface area contributed by atoms with E-state index in [9.17, 15) is 14.4 Å². The molecule has 41 heavy (non-hydrogen) atoms. The zero-order valence-electron chi connectivity index (χ0n) is 24.9. The molecule has 1 aromatic heterocycles. The maximum absolute atomic E-state index is 14.0. The Hall–Kier alpha value is -2.82. The summed E-state index contributed by atoms with van der Waals surface area (Å²) in [5.41, 5.74) is 2.91. The Kier molecular flexibility index (Phi) is 10.9. The third-order valence-corrected chi connectivity index (χ3v) is 9.49. The van der Waals surface area contributed by atoms with Crippen molar-refractivity contribution in [2.24, 2.45) is 11.8 Å². The number of nitrogens with zero attached hydrogens (tertiary/aromatic N) is 3. The second-order valence-corrected chi connectivity index (χ2v) is 12.5. The molecule has 0 saturated carbocycles. The summed E-state index contributed by atoms with van der Waals surface area (Å²) in [7, 11) is 3.41. The lowest BCUT2D eigenvalue weighted by Crippen LogP contribution is -2.57. The number of likely N-dealkylation sites (tertiary alicyclic amines) is 2. The normalized spacial score (nSPS) is 22.0. The molecule has 3 heterocycles. The van der Waals surface area contributed by atoms with Crippen molar-refractivity contribution in [2.45, 2.75) is 83.1 Å². The van der Waals surface area contributed by atoms with Gasteiger partial charge in [0.25, 0.3) is 0 Å². The minimum Gasteiger partial charge on any atom is -0.378 e. The number of rotatable bonds is 12. The third-order valence-electron chi connectivity index (χ3n) is 8.60. The van der Waals surface area contributed by atoms with Gasteiger partial charge in [-0.05, 0) is 50.6 Å².